The fourth-order valence-corrected chi connectivity index (χ4v) is 3.89. The van der Waals surface area contributed by atoms with E-state index < -0.39 is 0 Å². The van der Waals surface area contributed by atoms with Crippen molar-refractivity contribution in [3.8, 4) is 16.9 Å². The van der Waals surface area contributed by atoms with E-state index in [1.165, 1.54) is 5.56 Å². The first kappa shape index (κ1) is 15.9. The SMILES string of the molecule is COc1cc2c(cc1-c1c(C)noc1C)CC=CN2Cc1nccs1. The molecule has 3 aromatic rings. The molecular weight excluding hydrogens is 334 g/mol. The van der Waals surface area contributed by atoms with Crippen LogP contribution in [0.1, 0.15) is 22.0 Å². The molecule has 0 atom stereocenters. The van der Waals surface area contributed by atoms with E-state index in [4.69, 9.17) is 9.26 Å². The molecule has 0 N–H and O–H groups in total. The van der Waals surface area contributed by atoms with Crippen LogP contribution in [0.2, 0.25) is 0 Å². The van der Waals surface area contributed by atoms with Gasteiger partial charge in [0.15, 0.2) is 0 Å². The van der Waals surface area contributed by atoms with E-state index >= 15 is 0 Å². The number of hydrogen-bond acceptors (Lipinski definition) is 6. The number of aryl methyl sites for hydroxylation is 2. The summed E-state index contributed by atoms with van der Waals surface area (Å²) in [6.45, 7) is 4.65. The van der Waals surface area contributed by atoms with Crippen molar-refractivity contribution in [3.05, 3.63) is 58.0 Å². The van der Waals surface area contributed by atoms with Gasteiger partial charge in [-0.2, -0.15) is 0 Å². The van der Waals surface area contributed by atoms with Gasteiger partial charge < -0.3 is 14.2 Å². The minimum Gasteiger partial charge on any atom is -0.496 e. The van der Waals surface area contributed by atoms with Crippen LogP contribution in [0.25, 0.3) is 11.1 Å². The number of rotatable bonds is 4. The highest BCUT2D eigenvalue weighted by Crippen LogP contribution is 2.41. The third kappa shape index (κ3) is 2.82. The third-order valence-corrected chi connectivity index (χ3v) is 5.19. The maximum atomic E-state index is 5.70. The summed E-state index contributed by atoms with van der Waals surface area (Å²) in [6, 6.07) is 4.30. The third-order valence-electron chi connectivity index (χ3n) is 4.43. The van der Waals surface area contributed by atoms with Crippen LogP contribution >= 0.6 is 11.3 Å². The molecule has 1 aliphatic rings. The average molecular weight is 353 g/mol. The molecule has 6 heteroatoms. The van der Waals surface area contributed by atoms with Gasteiger partial charge in [0, 0.05) is 35.1 Å². The number of aromatic nitrogens is 2. The summed E-state index contributed by atoms with van der Waals surface area (Å²) >= 11 is 1.67. The summed E-state index contributed by atoms with van der Waals surface area (Å²) in [5, 5.41) is 7.18. The number of nitrogens with zero attached hydrogens (tertiary/aromatic N) is 3. The van der Waals surface area contributed by atoms with Gasteiger partial charge >= 0.3 is 0 Å². The molecule has 1 aliphatic heterocycles. The summed E-state index contributed by atoms with van der Waals surface area (Å²) in [4.78, 5) is 6.62. The molecular formula is C19H19N3O2S. The number of hydrogen-bond donors (Lipinski definition) is 0. The summed E-state index contributed by atoms with van der Waals surface area (Å²) in [6.07, 6.45) is 7.04. The highest BCUT2D eigenvalue weighted by Gasteiger charge is 2.22. The molecule has 2 aromatic heterocycles. The first-order valence-corrected chi connectivity index (χ1v) is 9.01. The lowest BCUT2D eigenvalue weighted by Crippen LogP contribution is -2.19. The van der Waals surface area contributed by atoms with E-state index in [1.54, 1.807) is 18.4 Å². The van der Waals surface area contributed by atoms with Gasteiger partial charge in [-0.15, -0.1) is 11.3 Å². The van der Waals surface area contributed by atoms with E-state index in [2.05, 4.69) is 39.4 Å². The van der Waals surface area contributed by atoms with Crippen molar-refractivity contribution >= 4 is 17.0 Å². The lowest BCUT2D eigenvalue weighted by Gasteiger charge is -2.27. The number of methoxy groups -OCH3 is 1. The van der Waals surface area contributed by atoms with Crippen molar-refractivity contribution in [1.82, 2.24) is 10.1 Å². The van der Waals surface area contributed by atoms with Gasteiger partial charge in [0.25, 0.3) is 0 Å². The number of benzene rings is 1. The molecule has 0 amide bonds. The molecule has 0 saturated heterocycles. The van der Waals surface area contributed by atoms with Crippen LogP contribution in [0, 0.1) is 13.8 Å². The van der Waals surface area contributed by atoms with Gasteiger partial charge in [-0.25, -0.2) is 4.98 Å². The van der Waals surface area contributed by atoms with Crippen molar-refractivity contribution in [3.63, 3.8) is 0 Å². The van der Waals surface area contributed by atoms with Gasteiger partial charge in [0.1, 0.15) is 16.5 Å². The van der Waals surface area contributed by atoms with Gasteiger partial charge in [-0.05, 0) is 31.9 Å². The van der Waals surface area contributed by atoms with E-state index in [1.807, 2.05) is 25.4 Å². The number of anilines is 1. The van der Waals surface area contributed by atoms with Gasteiger partial charge in [0.05, 0.1) is 24.9 Å². The Morgan fingerprint density at radius 2 is 2.20 bits per heavy atom. The van der Waals surface area contributed by atoms with Crippen LogP contribution in [0.4, 0.5) is 5.69 Å². The first-order chi connectivity index (χ1) is 12.2. The van der Waals surface area contributed by atoms with Crippen molar-refractivity contribution in [1.29, 1.82) is 0 Å². The second kappa shape index (κ2) is 6.37. The molecule has 0 spiro atoms. The van der Waals surface area contributed by atoms with Crippen LogP contribution in [0.5, 0.6) is 5.75 Å². The van der Waals surface area contributed by atoms with Crippen LogP contribution in [-0.4, -0.2) is 17.3 Å². The number of fused-ring (bicyclic) bond motifs is 1. The fraction of sp³-hybridized carbons (Fsp3) is 0.263. The zero-order valence-electron chi connectivity index (χ0n) is 14.4. The maximum absolute atomic E-state index is 5.70. The van der Waals surface area contributed by atoms with Crippen molar-refractivity contribution in [2.45, 2.75) is 26.8 Å². The Morgan fingerprint density at radius 3 is 2.88 bits per heavy atom. The molecule has 0 bridgehead atoms. The van der Waals surface area contributed by atoms with E-state index in [0.717, 1.165) is 52.0 Å². The minimum atomic E-state index is 0.759. The summed E-state index contributed by atoms with van der Waals surface area (Å²) in [7, 11) is 1.70. The first-order valence-electron chi connectivity index (χ1n) is 8.13. The summed E-state index contributed by atoms with van der Waals surface area (Å²) in [5.74, 6) is 1.63. The topological polar surface area (TPSA) is 51.4 Å². The number of thiazole rings is 1. The molecule has 4 rings (SSSR count). The van der Waals surface area contributed by atoms with E-state index in [0.29, 0.717) is 0 Å². The van der Waals surface area contributed by atoms with Crippen molar-refractivity contribution in [2.75, 3.05) is 12.0 Å². The molecule has 3 heterocycles. The normalized spacial score (nSPS) is 13.2. The largest absolute Gasteiger partial charge is 0.496 e. The van der Waals surface area contributed by atoms with Crippen molar-refractivity contribution < 1.29 is 9.26 Å². The Hall–Kier alpha value is -2.60. The Labute approximate surface area is 150 Å². The standard InChI is InChI=1S/C19H19N3O2S/c1-12-19(13(2)24-21-12)15-9-14-5-4-7-22(11-18-20-6-8-25-18)16(14)10-17(15)23-3/h4,6-10H,5,11H2,1-3H3. The summed E-state index contributed by atoms with van der Waals surface area (Å²) in [5.41, 5.74) is 5.34. The maximum Gasteiger partial charge on any atom is 0.141 e. The number of allylic oxidation sites excluding steroid dienone is 1. The molecule has 0 saturated carbocycles. The lowest BCUT2D eigenvalue weighted by atomic mass is 9.96. The molecule has 1 aromatic carbocycles. The van der Waals surface area contributed by atoms with Gasteiger partial charge in [-0.3, -0.25) is 0 Å². The molecule has 128 valence electrons. The quantitative estimate of drug-likeness (QED) is 0.691. The summed E-state index contributed by atoms with van der Waals surface area (Å²) < 4.78 is 11.0. The fourth-order valence-electron chi connectivity index (χ4n) is 3.28. The Balaban J connectivity index is 1.79. The Kier molecular flexibility index (Phi) is 4.05. The Bertz CT molecular complexity index is 909. The molecule has 0 radical (unpaired) electrons. The van der Waals surface area contributed by atoms with Gasteiger partial charge in [0.2, 0.25) is 0 Å². The predicted molar refractivity (Wildman–Crippen MR) is 99.1 cm³/mol. The molecule has 0 aliphatic carbocycles. The monoisotopic (exact) mass is 353 g/mol. The molecule has 5 nitrogen and oxygen atoms in total. The average Bonchev–Trinajstić information content (AvgIpc) is 3.24. The molecule has 0 unspecified atom stereocenters. The predicted octanol–water partition coefficient (Wildman–Crippen LogP) is 4.50. The molecule has 0 fully saturated rings. The second-order valence-corrected chi connectivity index (χ2v) is 7.00. The van der Waals surface area contributed by atoms with Crippen LogP contribution in [0.3, 0.4) is 0 Å². The van der Waals surface area contributed by atoms with E-state index in [9.17, 15) is 0 Å². The second-order valence-electron chi connectivity index (χ2n) is 6.02. The number of ether oxygens (including phenoxy) is 1. The van der Waals surface area contributed by atoms with Crippen LogP contribution in [-0.2, 0) is 13.0 Å². The highest BCUT2D eigenvalue weighted by molar-refractivity contribution is 7.09. The smallest absolute Gasteiger partial charge is 0.141 e. The van der Waals surface area contributed by atoms with Crippen LogP contribution < -0.4 is 9.64 Å². The van der Waals surface area contributed by atoms with Gasteiger partial charge in [-0.1, -0.05) is 11.2 Å². The van der Waals surface area contributed by atoms with E-state index in [-0.39, 0.29) is 0 Å². The zero-order chi connectivity index (χ0) is 17.4. The van der Waals surface area contributed by atoms with Crippen molar-refractivity contribution in [2.24, 2.45) is 0 Å². The Morgan fingerprint density at radius 1 is 1.32 bits per heavy atom. The molecule has 25 heavy (non-hydrogen) atoms. The minimum absolute atomic E-state index is 0.759. The lowest BCUT2D eigenvalue weighted by molar-refractivity contribution is 0.393. The highest BCUT2D eigenvalue weighted by atomic mass is 32.1. The van der Waals surface area contributed by atoms with Crippen LogP contribution in [0.15, 0.2) is 40.5 Å². The zero-order valence-corrected chi connectivity index (χ0v) is 15.3.